The molecule has 0 aliphatic heterocycles. The van der Waals surface area contributed by atoms with Crippen LogP contribution in [0, 0.1) is 0 Å². The number of nitrogens with zero attached hydrogens (tertiary/aromatic N) is 1. The minimum absolute atomic E-state index is 0. The molecule has 0 fully saturated rings. The van der Waals surface area contributed by atoms with Crippen molar-refractivity contribution in [2.24, 2.45) is 0 Å². The van der Waals surface area contributed by atoms with Crippen molar-refractivity contribution in [3.05, 3.63) is 35.9 Å². The molecule has 1 aromatic carbocycles. The van der Waals surface area contributed by atoms with Gasteiger partial charge in [-0.25, -0.2) is 0 Å². The Morgan fingerprint density at radius 3 is 1.92 bits per heavy atom. The first-order valence-corrected chi connectivity index (χ1v) is 3.92. The molecule has 0 aliphatic carbocycles. The lowest BCUT2D eigenvalue weighted by Gasteiger charge is -2.23. The van der Waals surface area contributed by atoms with Crippen molar-refractivity contribution in [3.63, 3.8) is 0 Å². The summed E-state index contributed by atoms with van der Waals surface area (Å²) in [6, 6.07) is 10.6. The van der Waals surface area contributed by atoms with Crippen molar-refractivity contribution in [3.8, 4) is 0 Å². The smallest absolute Gasteiger partial charge is 0.104 e. The van der Waals surface area contributed by atoms with Crippen LogP contribution in [0.4, 0.5) is 0 Å². The van der Waals surface area contributed by atoms with Gasteiger partial charge in [-0.15, -0.1) is 0 Å². The highest BCUT2D eigenvalue weighted by atomic mass is 15.3. The lowest BCUT2D eigenvalue weighted by Crippen LogP contribution is -2.33. The standard InChI is InChI=1S/C10H16N.BH4/c1-11(2,3)9-10-7-5-4-6-8-10;/h4-8H,9H2,1-3H3;1H4/q+1;-1. The van der Waals surface area contributed by atoms with Crippen molar-refractivity contribution < 1.29 is 4.48 Å². The number of rotatable bonds is 2. The van der Waals surface area contributed by atoms with Gasteiger partial charge in [-0.05, 0) is 0 Å². The SMILES string of the molecule is C[N+](C)(C)Cc1ccccc1.[BH4-]. The molecule has 0 aliphatic rings. The fourth-order valence-corrected chi connectivity index (χ4v) is 1.13. The Morgan fingerprint density at radius 1 is 1.00 bits per heavy atom. The molecule has 0 unspecified atom stereocenters. The lowest BCUT2D eigenvalue weighted by atomic mass is 10.2. The minimum Gasteiger partial charge on any atom is -0.327 e. The van der Waals surface area contributed by atoms with Gasteiger partial charge in [0, 0.05) is 5.56 Å². The van der Waals surface area contributed by atoms with Crippen LogP contribution in [0.3, 0.4) is 0 Å². The Morgan fingerprint density at radius 2 is 1.50 bits per heavy atom. The molecule has 0 saturated carbocycles. The second kappa shape index (κ2) is 4.32. The van der Waals surface area contributed by atoms with Crippen LogP contribution < -0.4 is 0 Å². The van der Waals surface area contributed by atoms with Gasteiger partial charge in [0.05, 0.1) is 21.1 Å². The van der Waals surface area contributed by atoms with E-state index < -0.39 is 0 Å². The van der Waals surface area contributed by atoms with E-state index in [0.29, 0.717) is 0 Å². The summed E-state index contributed by atoms with van der Waals surface area (Å²) in [5.41, 5.74) is 1.40. The Balaban J connectivity index is 0.00000121. The normalized spacial score (nSPS) is 10.6. The Labute approximate surface area is 77.2 Å². The van der Waals surface area contributed by atoms with E-state index in [9.17, 15) is 0 Å². The third-order valence-electron chi connectivity index (χ3n) is 1.50. The Kier molecular flexibility index (Phi) is 4.04. The van der Waals surface area contributed by atoms with Crippen LogP contribution in [0.25, 0.3) is 0 Å². The van der Waals surface area contributed by atoms with Crippen molar-refractivity contribution in [2.75, 3.05) is 21.1 Å². The molecule has 1 nitrogen and oxygen atoms in total. The van der Waals surface area contributed by atoms with Crippen LogP contribution in [-0.4, -0.2) is 34.0 Å². The summed E-state index contributed by atoms with van der Waals surface area (Å²) >= 11 is 0. The summed E-state index contributed by atoms with van der Waals surface area (Å²) in [6.07, 6.45) is 0. The first-order valence-electron chi connectivity index (χ1n) is 3.92. The van der Waals surface area contributed by atoms with Gasteiger partial charge in [0.15, 0.2) is 0 Å². The first-order chi connectivity index (χ1) is 5.08. The molecular formula is C10H20BN. The molecular weight excluding hydrogens is 145 g/mol. The molecule has 0 atom stereocenters. The highest BCUT2D eigenvalue weighted by Gasteiger charge is 2.06. The summed E-state index contributed by atoms with van der Waals surface area (Å²) in [4.78, 5) is 0. The third kappa shape index (κ3) is 4.19. The van der Waals surface area contributed by atoms with Crippen molar-refractivity contribution in [1.29, 1.82) is 0 Å². The highest BCUT2D eigenvalue weighted by molar-refractivity contribution is 5.75. The molecule has 1 aromatic rings. The van der Waals surface area contributed by atoms with Gasteiger partial charge >= 0.3 is 0 Å². The molecule has 0 saturated heterocycles. The van der Waals surface area contributed by atoms with Gasteiger partial charge in [-0.1, -0.05) is 38.7 Å². The Bertz CT molecular complexity index is 213. The second-order valence-electron chi connectivity index (χ2n) is 3.93. The summed E-state index contributed by atoms with van der Waals surface area (Å²) in [5, 5.41) is 0. The van der Waals surface area contributed by atoms with Crippen LogP contribution in [0.1, 0.15) is 5.56 Å². The van der Waals surface area contributed by atoms with Gasteiger partial charge in [0.2, 0.25) is 0 Å². The topological polar surface area (TPSA) is 0 Å². The number of hydrogen-bond donors (Lipinski definition) is 0. The quantitative estimate of drug-likeness (QED) is 0.440. The fraction of sp³-hybridized carbons (Fsp3) is 0.400. The summed E-state index contributed by atoms with van der Waals surface area (Å²) in [7, 11) is 6.60. The third-order valence-corrected chi connectivity index (χ3v) is 1.50. The number of quaternary nitrogens is 1. The average molecular weight is 165 g/mol. The minimum atomic E-state index is 0. The molecule has 0 N–H and O–H groups in total. The van der Waals surface area contributed by atoms with E-state index in [0.717, 1.165) is 11.0 Å². The summed E-state index contributed by atoms with van der Waals surface area (Å²) in [6.45, 7) is 1.10. The molecule has 2 heteroatoms. The zero-order valence-electron chi connectivity index (χ0n) is 7.54. The Hall–Kier alpha value is -0.755. The van der Waals surface area contributed by atoms with Gasteiger partial charge in [0.1, 0.15) is 6.54 Å². The van der Waals surface area contributed by atoms with E-state index in [-0.39, 0.29) is 8.41 Å². The predicted octanol–water partition coefficient (Wildman–Crippen LogP) is 0.441. The maximum absolute atomic E-state index is 2.20. The molecule has 0 radical (unpaired) electrons. The van der Waals surface area contributed by atoms with E-state index in [1.807, 2.05) is 0 Å². The molecule has 0 aromatic heterocycles. The van der Waals surface area contributed by atoms with E-state index in [1.54, 1.807) is 0 Å². The van der Waals surface area contributed by atoms with Crippen LogP contribution in [0.2, 0.25) is 0 Å². The summed E-state index contributed by atoms with van der Waals surface area (Å²) < 4.78 is 0.990. The number of benzene rings is 1. The van der Waals surface area contributed by atoms with Gasteiger partial charge in [0.25, 0.3) is 0 Å². The second-order valence-corrected chi connectivity index (χ2v) is 3.93. The van der Waals surface area contributed by atoms with Crippen LogP contribution in [0.15, 0.2) is 30.3 Å². The van der Waals surface area contributed by atoms with Crippen LogP contribution in [0.5, 0.6) is 0 Å². The fourth-order valence-electron chi connectivity index (χ4n) is 1.13. The predicted molar refractivity (Wildman–Crippen MR) is 59.5 cm³/mol. The molecule has 1 rings (SSSR count). The van der Waals surface area contributed by atoms with E-state index >= 15 is 0 Å². The molecule has 0 heterocycles. The van der Waals surface area contributed by atoms with E-state index in [2.05, 4.69) is 51.5 Å². The molecule has 0 bridgehead atoms. The largest absolute Gasteiger partial charge is 0.327 e. The highest BCUT2D eigenvalue weighted by Crippen LogP contribution is 2.04. The van der Waals surface area contributed by atoms with Crippen molar-refractivity contribution >= 4 is 8.41 Å². The zero-order chi connectivity index (χ0) is 8.32. The molecule has 0 spiro atoms. The zero-order valence-corrected chi connectivity index (χ0v) is 7.54. The van der Waals surface area contributed by atoms with Crippen LogP contribution in [-0.2, 0) is 6.54 Å². The van der Waals surface area contributed by atoms with Crippen molar-refractivity contribution in [2.45, 2.75) is 6.54 Å². The monoisotopic (exact) mass is 165 g/mol. The van der Waals surface area contributed by atoms with Crippen LogP contribution >= 0.6 is 0 Å². The van der Waals surface area contributed by atoms with Crippen molar-refractivity contribution in [1.82, 2.24) is 0 Å². The van der Waals surface area contributed by atoms with E-state index in [4.69, 9.17) is 0 Å². The van der Waals surface area contributed by atoms with Gasteiger partial charge in [-0.2, -0.15) is 0 Å². The average Bonchev–Trinajstić information content (AvgIpc) is 1.85. The van der Waals surface area contributed by atoms with Gasteiger partial charge < -0.3 is 4.48 Å². The number of hydrogen-bond acceptors (Lipinski definition) is 0. The maximum atomic E-state index is 2.20. The molecule has 68 valence electrons. The molecule has 0 amide bonds. The summed E-state index contributed by atoms with van der Waals surface area (Å²) in [5.74, 6) is 0. The molecule has 12 heavy (non-hydrogen) atoms. The maximum Gasteiger partial charge on any atom is 0.104 e. The lowest BCUT2D eigenvalue weighted by molar-refractivity contribution is -0.884. The van der Waals surface area contributed by atoms with Gasteiger partial charge in [-0.3, -0.25) is 0 Å². The first kappa shape index (κ1) is 11.2. The van der Waals surface area contributed by atoms with E-state index in [1.165, 1.54) is 5.56 Å².